The molecule has 0 amide bonds. The number of hydrogen-bond acceptors (Lipinski definition) is 2. The lowest BCUT2D eigenvalue weighted by atomic mass is 9.98. The molecule has 1 N–H and O–H groups in total. The number of anilines is 1. The first-order chi connectivity index (χ1) is 11.3. The molecule has 0 bridgehead atoms. The van der Waals surface area contributed by atoms with Crippen LogP contribution in [-0.4, -0.2) is 6.26 Å². The van der Waals surface area contributed by atoms with Gasteiger partial charge >= 0.3 is 0 Å². The number of halogens is 1. The molecule has 0 unspecified atom stereocenters. The second-order valence-corrected chi connectivity index (χ2v) is 6.16. The molecular weight excluding hydrogens is 305 g/mol. The van der Waals surface area contributed by atoms with Crippen LogP contribution < -0.4 is 5.32 Å². The van der Waals surface area contributed by atoms with Gasteiger partial charge in [-0.05, 0) is 35.6 Å². The van der Waals surface area contributed by atoms with E-state index in [0.29, 0.717) is 0 Å². The van der Waals surface area contributed by atoms with Gasteiger partial charge in [0.05, 0.1) is 6.04 Å². The van der Waals surface area contributed by atoms with Gasteiger partial charge in [-0.25, -0.2) is 4.39 Å². The van der Waals surface area contributed by atoms with Gasteiger partial charge in [-0.1, -0.05) is 60.7 Å². The fourth-order valence-electron chi connectivity index (χ4n) is 2.58. The van der Waals surface area contributed by atoms with E-state index < -0.39 is 0 Å². The van der Waals surface area contributed by atoms with Gasteiger partial charge in [-0.15, -0.1) is 11.8 Å². The molecule has 0 aliphatic rings. The predicted octanol–water partition coefficient (Wildman–Crippen LogP) is 5.75. The van der Waals surface area contributed by atoms with E-state index in [1.165, 1.54) is 11.8 Å². The number of hydrogen-bond donors (Lipinski definition) is 1. The van der Waals surface area contributed by atoms with Crippen molar-refractivity contribution >= 4 is 17.4 Å². The summed E-state index contributed by atoms with van der Waals surface area (Å²) in [5, 5.41) is 3.47. The maximum atomic E-state index is 13.8. The van der Waals surface area contributed by atoms with Crippen LogP contribution in [0, 0.1) is 5.82 Å². The van der Waals surface area contributed by atoms with Crippen LogP contribution in [0.2, 0.25) is 0 Å². The highest BCUT2D eigenvalue weighted by Gasteiger charge is 2.14. The smallest absolute Gasteiger partial charge is 0.126 e. The summed E-state index contributed by atoms with van der Waals surface area (Å²) in [5.41, 5.74) is 3.08. The SMILES string of the molecule is CSc1cc(F)cc(NC(c2ccccc2)c2ccccc2)c1. The van der Waals surface area contributed by atoms with E-state index in [4.69, 9.17) is 0 Å². The van der Waals surface area contributed by atoms with Crippen molar-refractivity contribution in [1.29, 1.82) is 0 Å². The Balaban J connectivity index is 1.98. The van der Waals surface area contributed by atoms with E-state index in [1.54, 1.807) is 12.1 Å². The highest BCUT2D eigenvalue weighted by atomic mass is 32.2. The molecule has 0 heterocycles. The highest BCUT2D eigenvalue weighted by Crippen LogP contribution is 2.29. The Kier molecular flexibility index (Phi) is 4.99. The second kappa shape index (κ2) is 7.34. The lowest BCUT2D eigenvalue weighted by Crippen LogP contribution is -2.12. The monoisotopic (exact) mass is 323 g/mol. The first-order valence-corrected chi connectivity index (χ1v) is 8.70. The van der Waals surface area contributed by atoms with Crippen LogP contribution in [0.4, 0.5) is 10.1 Å². The average molecular weight is 323 g/mol. The summed E-state index contributed by atoms with van der Waals surface area (Å²) < 4.78 is 13.8. The van der Waals surface area contributed by atoms with E-state index in [1.807, 2.05) is 48.7 Å². The van der Waals surface area contributed by atoms with Crippen molar-refractivity contribution in [3.63, 3.8) is 0 Å². The zero-order valence-electron chi connectivity index (χ0n) is 12.9. The average Bonchev–Trinajstić information content (AvgIpc) is 2.60. The second-order valence-electron chi connectivity index (χ2n) is 5.28. The lowest BCUT2D eigenvalue weighted by Gasteiger charge is -2.21. The molecule has 116 valence electrons. The first kappa shape index (κ1) is 15.6. The molecule has 0 spiro atoms. The summed E-state index contributed by atoms with van der Waals surface area (Å²) in [4.78, 5) is 0.910. The van der Waals surface area contributed by atoms with Crippen LogP contribution in [0.5, 0.6) is 0 Å². The Morgan fingerprint density at radius 2 is 1.39 bits per heavy atom. The van der Waals surface area contributed by atoms with E-state index in [2.05, 4.69) is 29.6 Å². The Morgan fingerprint density at radius 1 is 0.826 bits per heavy atom. The van der Waals surface area contributed by atoms with Crippen LogP contribution in [0.3, 0.4) is 0 Å². The van der Waals surface area contributed by atoms with Crippen molar-refractivity contribution < 1.29 is 4.39 Å². The Hall–Kier alpha value is -2.26. The van der Waals surface area contributed by atoms with Crippen LogP contribution in [0.1, 0.15) is 17.2 Å². The Labute approximate surface area is 140 Å². The van der Waals surface area contributed by atoms with Crippen molar-refractivity contribution in [3.05, 3.63) is 95.8 Å². The third-order valence-electron chi connectivity index (χ3n) is 3.68. The molecule has 3 aromatic carbocycles. The molecule has 0 saturated heterocycles. The molecule has 0 aliphatic heterocycles. The van der Waals surface area contributed by atoms with Gasteiger partial charge < -0.3 is 5.32 Å². The van der Waals surface area contributed by atoms with Crippen molar-refractivity contribution in [2.45, 2.75) is 10.9 Å². The molecule has 1 nitrogen and oxygen atoms in total. The van der Waals surface area contributed by atoms with E-state index in [9.17, 15) is 4.39 Å². The normalized spacial score (nSPS) is 10.7. The third-order valence-corrected chi connectivity index (χ3v) is 4.39. The lowest BCUT2D eigenvalue weighted by molar-refractivity contribution is 0.624. The molecule has 0 radical (unpaired) electrons. The molecule has 0 saturated carbocycles. The highest BCUT2D eigenvalue weighted by molar-refractivity contribution is 7.98. The van der Waals surface area contributed by atoms with E-state index in [0.717, 1.165) is 21.7 Å². The zero-order valence-corrected chi connectivity index (χ0v) is 13.7. The molecule has 3 rings (SSSR count). The molecule has 0 atom stereocenters. The van der Waals surface area contributed by atoms with Crippen molar-refractivity contribution in [3.8, 4) is 0 Å². The van der Waals surface area contributed by atoms with Gasteiger partial charge in [0.1, 0.15) is 5.82 Å². The van der Waals surface area contributed by atoms with E-state index in [-0.39, 0.29) is 11.9 Å². The molecule has 3 aromatic rings. The minimum absolute atomic E-state index is 0.0195. The van der Waals surface area contributed by atoms with Crippen LogP contribution in [-0.2, 0) is 0 Å². The van der Waals surface area contributed by atoms with Gasteiger partial charge in [0.15, 0.2) is 0 Å². The predicted molar refractivity (Wildman–Crippen MR) is 96.5 cm³/mol. The zero-order chi connectivity index (χ0) is 16.1. The standard InChI is InChI=1S/C20H18FNS/c1-23-19-13-17(21)12-18(14-19)22-20(15-8-4-2-5-9-15)16-10-6-3-7-11-16/h2-14,20,22H,1H3. The quantitative estimate of drug-likeness (QED) is 0.600. The Bertz CT molecular complexity index is 720. The van der Waals surface area contributed by atoms with Crippen LogP contribution in [0.15, 0.2) is 83.8 Å². The largest absolute Gasteiger partial charge is 0.374 e. The first-order valence-electron chi connectivity index (χ1n) is 7.47. The number of nitrogens with one attached hydrogen (secondary N) is 1. The molecule has 0 aromatic heterocycles. The minimum atomic E-state index is -0.223. The van der Waals surface area contributed by atoms with Crippen molar-refractivity contribution in [1.82, 2.24) is 0 Å². The summed E-state index contributed by atoms with van der Waals surface area (Å²) in [6, 6.07) is 25.5. The maximum absolute atomic E-state index is 13.8. The number of thioether (sulfide) groups is 1. The topological polar surface area (TPSA) is 12.0 Å². The van der Waals surface area contributed by atoms with Crippen LogP contribution >= 0.6 is 11.8 Å². The van der Waals surface area contributed by atoms with Gasteiger partial charge in [-0.2, -0.15) is 0 Å². The number of rotatable bonds is 5. The summed E-state index contributed by atoms with van der Waals surface area (Å²) >= 11 is 1.54. The summed E-state index contributed by atoms with van der Waals surface area (Å²) in [5.74, 6) is -0.223. The minimum Gasteiger partial charge on any atom is -0.374 e. The van der Waals surface area contributed by atoms with Crippen LogP contribution in [0.25, 0.3) is 0 Å². The molecule has 3 heteroatoms. The number of benzene rings is 3. The van der Waals surface area contributed by atoms with Gasteiger partial charge in [0.2, 0.25) is 0 Å². The van der Waals surface area contributed by atoms with Gasteiger partial charge in [0.25, 0.3) is 0 Å². The molecule has 0 fully saturated rings. The molecular formula is C20H18FNS. The molecule has 0 aliphatic carbocycles. The van der Waals surface area contributed by atoms with Gasteiger partial charge in [0, 0.05) is 10.6 Å². The fraction of sp³-hybridized carbons (Fsp3) is 0.100. The van der Waals surface area contributed by atoms with E-state index >= 15 is 0 Å². The summed E-state index contributed by atoms with van der Waals surface area (Å²) in [7, 11) is 0. The third kappa shape index (κ3) is 3.93. The van der Waals surface area contributed by atoms with Crippen molar-refractivity contribution in [2.75, 3.05) is 11.6 Å². The summed E-state index contributed by atoms with van der Waals surface area (Å²) in [6.45, 7) is 0. The van der Waals surface area contributed by atoms with Gasteiger partial charge in [-0.3, -0.25) is 0 Å². The maximum Gasteiger partial charge on any atom is 0.126 e. The fourth-order valence-corrected chi connectivity index (χ4v) is 3.06. The Morgan fingerprint density at radius 3 is 1.91 bits per heavy atom. The van der Waals surface area contributed by atoms with Crippen molar-refractivity contribution in [2.24, 2.45) is 0 Å². The molecule has 23 heavy (non-hydrogen) atoms. The summed E-state index contributed by atoms with van der Waals surface area (Å²) in [6.07, 6.45) is 1.95.